The van der Waals surface area contributed by atoms with Gasteiger partial charge in [-0.05, 0) is 30.4 Å². The van der Waals surface area contributed by atoms with E-state index in [0.717, 1.165) is 17.9 Å². The molecule has 0 spiro atoms. The van der Waals surface area contributed by atoms with Crippen LogP contribution in [-0.2, 0) is 0 Å². The highest BCUT2D eigenvalue weighted by Crippen LogP contribution is 2.23. The minimum Gasteiger partial charge on any atom is -0.342 e. The molecule has 1 atom stereocenters. The summed E-state index contributed by atoms with van der Waals surface area (Å²) < 4.78 is 0. The van der Waals surface area contributed by atoms with Crippen LogP contribution in [0.3, 0.4) is 0 Å². The number of hydrogen-bond acceptors (Lipinski definition) is 3. The van der Waals surface area contributed by atoms with E-state index in [1.165, 1.54) is 10.5 Å². The van der Waals surface area contributed by atoms with E-state index >= 15 is 0 Å². The number of thioether (sulfide) groups is 1. The summed E-state index contributed by atoms with van der Waals surface area (Å²) in [7, 11) is 0. The number of hydrogen-bond donors (Lipinski definition) is 2. The summed E-state index contributed by atoms with van der Waals surface area (Å²) in [6, 6.07) is 8.49. The van der Waals surface area contributed by atoms with Crippen molar-refractivity contribution in [1.82, 2.24) is 9.97 Å². The van der Waals surface area contributed by atoms with Crippen molar-refractivity contribution < 1.29 is 0 Å². The highest BCUT2D eigenvalue weighted by Gasteiger charge is 2.11. The van der Waals surface area contributed by atoms with Gasteiger partial charge in [0.15, 0.2) is 0 Å². The van der Waals surface area contributed by atoms with Crippen LogP contribution in [0.15, 0.2) is 35.4 Å². The van der Waals surface area contributed by atoms with Gasteiger partial charge in [0, 0.05) is 17.4 Å². The summed E-state index contributed by atoms with van der Waals surface area (Å²) in [5.41, 5.74) is 7.96. The molecule has 0 aliphatic rings. The first-order valence-electron chi connectivity index (χ1n) is 6.17. The number of nitrogens with two attached hydrogens (primary N) is 1. The van der Waals surface area contributed by atoms with Gasteiger partial charge in [-0.25, -0.2) is 4.98 Å². The summed E-state index contributed by atoms with van der Waals surface area (Å²) in [6.07, 6.45) is 4.98. The van der Waals surface area contributed by atoms with Crippen LogP contribution in [0.2, 0.25) is 0 Å². The van der Waals surface area contributed by atoms with Crippen LogP contribution in [0.25, 0.3) is 11.3 Å². The Morgan fingerprint density at radius 2 is 2.06 bits per heavy atom. The molecule has 1 unspecified atom stereocenters. The van der Waals surface area contributed by atoms with E-state index < -0.39 is 0 Å². The van der Waals surface area contributed by atoms with E-state index in [1.54, 1.807) is 11.8 Å². The van der Waals surface area contributed by atoms with Crippen molar-refractivity contribution in [3.63, 3.8) is 0 Å². The Labute approximate surface area is 112 Å². The Morgan fingerprint density at radius 1 is 1.33 bits per heavy atom. The molecule has 2 rings (SSSR count). The molecule has 0 bridgehead atoms. The van der Waals surface area contributed by atoms with Gasteiger partial charge in [-0.1, -0.05) is 19.1 Å². The Kier molecular flexibility index (Phi) is 4.44. The van der Waals surface area contributed by atoms with Crippen LogP contribution in [0, 0.1) is 0 Å². The fourth-order valence-corrected chi connectivity index (χ4v) is 2.34. The third-order valence-electron chi connectivity index (χ3n) is 3.16. The normalized spacial score (nSPS) is 12.6. The van der Waals surface area contributed by atoms with E-state index in [1.807, 2.05) is 6.20 Å². The minimum absolute atomic E-state index is 0.323. The van der Waals surface area contributed by atoms with Crippen LogP contribution >= 0.6 is 11.8 Å². The Bertz CT molecular complexity index is 486. The second-order valence-corrected chi connectivity index (χ2v) is 5.13. The molecule has 0 fully saturated rings. The van der Waals surface area contributed by atoms with Crippen molar-refractivity contribution in [3.05, 3.63) is 36.3 Å². The van der Waals surface area contributed by atoms with Crippen molar-refractivity contribution in [2.24, 2.45) is 5.73 Å². The SMILES string of the molecule is CCC(CN)c1ncc(-c2ccc(SC)cc2)[nH]1. The van der Waals surface area contributed by atoms with Crippen LogP contribution in [0.5, 0.6) is 0 Å². The van der Waals surface area contributed by atoms with E-state index in [-0.39, 0.29) is 0 Å². The fraction of sp³-hybridized carbons (Fsp3) is 0.357. The first kappa shape index (κ1) is 13.2. The Morgan fingerprint density at radius 3 is 2.61 bits per heavy atom. The quantitative estimate of drug-likeness (QED) is 0.812. The molecule has 0 saturated heterocycles. The number of nitrogens with one attached hydrogen (secondary N) is 1. The third kappa shape index (κ3) is 2.76. The lowest BCUT2D eigenvalue weighted by molar-refractivity contribution is 0.639. The molecule has 0 aliphatic carbocycles. The van der Waals surface area contributed by atoms with Gasteiger partial charge in [0.05, 0.1) is 11.9 Å². The van der Waals surface area contributed by atoms with Crippen molar-refractivity contribution in [3.8, 4) is 11.3 Å². The summed E-state index contributed by atoms with van der Waals surface area (Å²) in [4.78, 5) is 9.08. The Hall–Kier alpha value is -1.26. The van der Waals surface area contributed by atoms with Crippen LogP contribution in [0.1, 0.15) is 25.1 Å². The average Bonchev–Trinajstić information content (AvgIpc) is 2.90. The van der Waals surface area contributed by atoms with Crippen molar-refractivity contribution in [1.29, 1.82) is 0 Å². The number of imidazole rings is 1. The van der Waals surface area contributed by atoms with Gasteiger partial charge in [-0.3, -0.25) is 0 Å². The molecule has 3 N–H and O–H groups in total. The second-order valence-electron chi connectivity index (χ2n) is 4.25. The van der Waals surface area contributed by atoms with Gasteiger partial charge in [0.2, 0.25) is 0 Å². The molecular weight excluding hydrogens is 242 g/mol. The van der Waals surface area contributed by atoms with Crippen molar-refractivity contribution >= 4 is 11.8 Å². The van der Waals surface area contributed by atoms with Crippen molar-refractivity contribution in [2.45, 2.75) is 24.2 Å². The standard InChI is InChI=1S/C14H19N3S/c1-3-10(8-15)14-16-9-13(17-14)11-4-6-12(18-2)7-5-11/h4-7,9-10H,3,8,15H2,1-2H3,(H,16,17). The van der Waals surface area contributed by atoms with Gasteiger partial charge >= 0.3 is 0 Å². The molecule has 4 heteroatoms. The van der Waals surface area contributed by atoms with Gasteiger partial charge in [0.1, 0.15) is 5.82 Å². The molecule has 2 aromatic rings. The molecule has 0 amide bonds. The number of nitrogens with zero attached hydrogens (tertiary/aromatic N) is 1. The molecule has 0 saturated carbocycles. The van der Waals surface area contributed by atoms with Gasteiger partial charge in [0.25, 0.3) is 0 Å². The number of H-pyrrole nitrogens is 1. The van der Waals surface area contributed by atoms with Crippen LogP contribution < -0.4 is 5.73 Å². The summed E-state index contributed by atoms with van der Waals surface area (Å²) in [6.45, 7) is 2.77. The predicted octanol–water partition coefficient (Wildman–Crippen LogP) is 3.25. The monoisotopic (exact) mass is 261 g/mol. The average molecular weight is 261 g/mol. The second kappa shape index (κ2) is 6.07. The molecule has 0 aliphatic heterocycles. The summed E-state index contributed by atoms with van der Waals surface area (Å²) in [5.74, 6) is 1.31. The fourth-order valence-electron chi connectivity index (χ4n) is 1.93. The van der Waals surface area contributed by atoms with E-state index in [0.29, 0.717) is 12.5 Å². The smallest absolute Gasteiger partial charge is 0.110 e. The first-order chi connectivity index (χ1) is 8.78. The molecular formula is C14H19N3S. The number of aromatic nitrogens is 2. The lowest BCUT2D eigenvalue weighted by atomic mass is 10.1. The van der Waals surface area contributed by atoms with E-state index in [4.69, 9.17) is 5.73 Å². The number of benzene rings is 1. The first-order valence-corrected chi connectivity index (χ1v) is 7.40. The van der Waals surface area contributed by atoms with Gasteiger partial charge < -0.3 is 10.7 Å². The molecule has 0 radical (unpaired) electrons. The molecule has 1 aromatic carbocycles. The molecule has 3 nitrogen and oxygen atoms in total. The highest BCUT2D eigenvalue weighted by molar-refractivity contribution is 7.98. The van der Waals surface area contributed by atoms with E-state index in [2.05, 4.69) is 47.4 Å². The number of aromatic amines is 1. The zero-order valence-electron chi connectivity index (χ0n) is 10.8. The topological polar surface area (TPSA) is 54.7 Å². The third-order valence-corrected chi connectivity index (χ3v) is 3.90. The van der Waals surface area contributed by atoms with Crippen LogP contribution in [0.4, 0.5) is 0 Å². The maximum Gasteiger partial charge on any atom is 0.110 e. The van der Waals surface area contributed by atoms with E-state index in [9.17, 15) is 0 Å². The zero-order chi connectivity index (χ0) is 13.0. The molecule has 18 heavy (non-hydrogen) atoms. The largest absolute Gasteiger partial charge is 0.342 e. The lowest BCUT2D eigenvalue weighted by Crippen LogP contribution is -2.12. The maximum atomic E-state index is 5.74. The molecule has 1 heterocycles. The molecule has 96 valence electrons. The minimum atomic E-state index is 0.323. The highest BCUT2D eigenvalue weighted by atomic mass is 32.2. The maximum absolute atomic E-state index is 5.74. The number of rotatable bonds is 5. The van der Waals surface area contributed by atoms with Crippen molar-refractivity contribution in [2.75, 3.05) is 12.8 Å². The summed E-state index contributed by atoms with van der Waals surface area (Å²) in [5, 5.41) is 0. The van der Waals surface area contributed by atoms with Crippen LogP contribution in [-0.4, -0.2) is 22.8 Å². The van der Waals surface area contributed by atoms with Gasteiger partial charge in [-0.15, -0.1) is 11.8 Å². The zero-order valence-corrected chi connectivity index (χ0v) is 11.6. The predicted molar refractivity (Wildman–Crippen MR) is 77.9 cm³/mol. The lowest BCUT2D eigenvalue weighted by Gasteiger charge is -2.07. The Balaban J connectivity index is 2.23. The van der Waals surface area contributed by atoms with Gasteiger partial charge in [-0.2, -0.15) is 0 Å². The molecule has 1 aromatic heterocycles. The summed E-state index contributed by atoms with van der Waals surface area (Å²) >= 11 is 1.75.